The van der Waals surface area contributed by atoms with Gasteiger partial charge in [-0.25, -0.2) is 4.98 Å². The molecular weight excluding hydrogens is 226 g/mol. The molecule has 0 unspecified atom stereocenters. The van der Waals surface area contributed by atoms with Crippen LogP contribution >= 0.6 is 0 Å². The summed E-state index contributed by atoms with van der Waals surface area (Å²) in [6.07, 6.45) is 10.7. The van der Waals surface area contributed by atoms with E-state index in [0.29, 0.717) is 5.41 Å². The summed E-state index contributed by atoms with van der Waals surface area (Å²) < 4.78 is 7.45. The highest BCUT2D eigenvalue weighted by Gasteiger charge is 2.42. The summed E-state index contributed by atoms with van der Waals surface area (Å²) in [5.41, 5.74) is 1.67. The second-order valence-electron chi connectivity index (χ2n) is 5.94. The van der Waals surface area contributed by atoms with E-state index >= 15 is 0 Å². The van der Waals surface area contributed by atoms with Crippen LogP contribution in [0, 0.1) is 5.41 Å². The summed E-state index contributed by atoms with van der Waals surface area (Å²) in [5.74, 6) is 0. The molecular formula is C14H23N3O. The van der Waals surface area contributed by atoms with E-state index < -0.39 is 0 Å². The van der Waals surface area contributed by atoms with Crippen molar-refractivity contribution in [1.82, 2.24) is 14.9 Å². The number of aromatic nitrogens is 2. The number of imidazole rings is 1. The van der Waals surface area contributed by atoms with Crippen LogP contribution in [0.5, 0.6) is 0 Å². The zero-order valence-corrected chi connectivity index (χ0v) is 11.2. The van der Waals surface area contributed by atoms with Gasteiger partial charge in [-0.1, -0.05) is 0 Å². The van der Waals surface area contributed by atoms with Gasteiger partial charge in [-0.05, 0) is 37.5 Å². The van der Waals surface area contributed by atoms with Gasteiger partial charge in [0.2, 0.25) is 0 Å². The highest BCUT2D eigenvalue weighted by atomic mass is 16.5. The molecule has 3 rings (SSSR count). The number of hydrogen-bond donors (Lipinski definition) is 1. The minimum atomic E-state index is 0.498. The van der Waals surface area contributed by atoms with Crippen LogP contribution in [0.2, 0.25) is 0 Å². The van der Waals surface area contributed by atoms with Crippen LogP contribution in [0.4, 0.5) is 0 Å². The summed E-state index contributed by atoms with van der Waals surface area (Å²) >= 11 is 0. The Labute approximate surface area is 109 Å². The maximum atomic E-state index is 5.20. The molecule has 4 nitrogen and oxygen atoms in total. The number of rotatable bonds is 8. The van der Waals surface area contributed by atoms with Gasteiger partial charge in [0.15, 0.2) is 0 Å². The summed E-state index contributed by atoms with van der Waals surface area (Å²) in [6, 6.07) is 0.756. The van der Waals surface area contributed by atoms with Crippen LogP contribution in [-0.2, 0) is 17.8 Å². The zero-order chi connectivity index (χ0) is 12.4. The smallest absolute Gasteiger partial charge is 0.0950 e. The van der Waals surface area contributed by atoms with Gasteiger partial charge in [-0.3, -0.25) is 0 Å². The number of ether oxygens (including phenoxy) is 1. The summed E-state index contributed by atoms with van der Waals surface area (Å²) in [6.45, 7) is 2.90. The normalized spacial score (nSPS) is 21.2. The van der Waals surface area contributed by atoms with E-state index in [9.17, 15) is 0 Å². The van der Waals surface area contributed by atoms with E-state index in [0.717, 1.165) is 25.7 Å². The molecule has 2 fully saturated rings. The molecule has 0 spiro atoms. The van der Waals surface area contributed by atoms with E-state index in [1.54, 1.807) is 7.11 Å². The van der Waals surface area contributed by atoms with Crippen molar-refractivity contribution >= 4 is 0 Å². The third-order valence-corrected chi connectivity index (χ3v) is 4.15. The second-order valence-corrected chi connectivity index (χ2v) is 5.94. The third-order valence-electron chi connectivity index (χ3n) is 4.15. The molecule has 2 aliphatic carbocycles. The maximum Gasteiger partial charge on any atom is 0.0950 e. The molecule has 1 N–H and O–H groups in total. The molecule has 0 radical (unpaired) electrons. The first kappa shape index (κ1) is 12.2. The largest absolute Gasteiger partial charge is 0.385 e. The second kappa shape index (κ2) is 5.02. The average molecular weight is 249 g/mol. The summed E-state index contributed by atoms with van der Waals surface area (Å²) in [4.78, 5) is 4.48. The predicted molar refractivity (Wildman–Crippen MR) is 70.2 cm³/mol. The lowest BCUT2D eigenvalue weighted by Crippen LogP contribution is -2.15. The van der Waals surface area contributed by atoms with Gasteiger partial charge in [0.05, 0.1) is 12.0 Å². The molecule has 2 saturated carbocycles. The van der Waals surface area contributed by atoms with Crippen molar-refractivity contribution in [2.75, 3.05) is 13.7 Å². The number of methoxy groups -OCH3 is 1. The van der Waals surface area contributed by atoms with Gasteiger partial charge in [-0.2, -0.15) is 0 Å². The van der Waals surface area contributed by atoms with Crippen LogP contribution in [0.1, 0.15) is 37.8 Å². The van der Waals surface area contributed by atoms with E-state index in [-0.39, 0.29) is 0 Å². The standard InChI is InChI=1S/C14H23N3O/c1-18-7-6-14(4-5-14)10-17-9-13(16-11-17)8-15-12-2-3-12/h9,11-12,15H,2-8,10H2,1H3. The minimum Gasteiger partial charge on any atom is -0.385 e. The first-order chi connectivity index (χ1) is 8.80. The van der Waals surface area contributed by atoms with E-state index in [2.05, 4.69) is 21.1 Å². The molecule has 0 aromatic carbocycles. The SMILES string of the molecule is COCCC1(Cn2cnc(CNC3CC3)c2)CC1. The highest BCUT2D eigenvalue weighted by Crippen LogP contribution is 2.50. The van der Waals surface area contributed by atoms with Crippen molar-refractivity contribution in [2.24, 2.45) is 5.41 Å². The Bertz CT molecular complexity index is 393. The van der Waals surface area contributed by atoms with Crippen molar-refractivity contribution < 1.29 is 4.74 Å². The molecule has 0 bridgehead atoms. The van der Waals surface area contributed by atoms with Crippen molar-refractivity contribution in [3.8, 4) is 0 Å². The first-order valence-electron chi connectivity index (χ1n) is 7.03. The lowest BCUT2D eigenvalue weighted by molar-refractivity contribution is 0.167. The fourth-order valence-corrected chi connectivity index (χ4v) is 2.49. The van der Waals surface area contributed by atoms with Crippen LogP contribution in [-0.4, -0.2) is 29.3 Å². The molecule has 1 aromatic rings. The predicted octanol–water partition coefficient (Wildman–Crippen LogP) is 1.95. The van der Waals surface area contributed by atoms with Crippen molar-refractivity contribution in [3.63, 3.8) is 0 Å². The first-order valence-corrected chi connectivity index (χ1v) is 7.03. The van der Waals surface area contributed by atoms with Gasteiger partial charge in [-0.15, -0.1) is 0 Å². The summed E-state index contributed by atoms with van der Waals surface area (Å²) in [7, 11) is 1.79. The van der Waals surface area contributed by atoms with Gasteiger partial charge in [0, 0.05) is 39.0 Å². The lowest BCUT2D eigenvalue weighted by atomic mass is 10.0. The molecule has 4 heteroatoms. The van der Waals surface area contributed by atoms with Gasteiger partial charge in [0.25, 0.3) is 0 Å². The molecule has 100 valence electrons. The molecule has 18 heavy (non-hydrogen) atoms. The quantitative estimate of drug-likeness (QED) is 0.765. The Morgan fingerprint density at radius 2 is 2.33 bits per heavy atom. The number of hydrogen-bond acceptors (Lipinski definition) is 3. The third kappa shape index (κ3) is 3.12. The molecule has 0 atom stereocenters. The Hall–Kier alpha value is -0.870. The van der Waals surface area contributed by atoms with Crippen molar-refractivity contribution in [1.29, 1.82) is 0 Å². The van der Waals surface area contributed by atoms with Crippen molar-refractivity contribution in [2.45, 2.75) is 51.2 Å². The fourth-order valence-electron chi connectivity index (χ4n) is 2.49. The minimum absolute atomic E-state index is 0.498. The van der Waals surface area contributed by atoms with Crippen molar-refractivity contribution in [3.05, 3.63) is 18.2 Å². The van der Waals surface area contributed by atoms with Crippen LogP contribution in [0.3, 0.4) is 0 Å². The topological polar surface area (TPSA) is 39.1 Å². The summed E-state index contributed by atoms with van der Waals surface area (Å²) in [5, 5.41) is 3.50. The van der Waals surface area contributed by atoms with E-state index in [1.165, 1.54) is 37.8 Å². The van der Waals surface area contributed by atoms with E-state index in [4.69, 9.17) is 4.74 Å². The molecule has 1 aromatic heterocycles. The van der Waals surface area contributed by atoms with Gasteiger partial charge < -0.3 is 14.6 Å². The molecule has 2 aliphatic rings. The van der Waals surface area contributed by atoms with Crippen LogP contribution < -0.4 is 5.32 Å². The van der Waals surface area contributed by atoms with Crippen LogP contribution in [0.25, 0.3) is 0 Å². The Kier molecular flexibility index (Phi) is 3.39. The highest BCUT2D eigenvalue weighted by molar-refractivity contribution is 5.01. The number of nitrogens with one attached hydrogen (secondary N) is 1. The molecule has 1 heterocycles. The zero-order valence-electron chi connectivity index (χ0n) is 11.2. The number of nitrogens with zero attached hydrogens (tertiary/aromatic N) is 2. The fraction of sp³-hybridized carbons (Fsp3) is 0.786. The van der Waals surface area contributed by atoms with Gasteiger partial charge in [0.1, 0.15) is 0 Å². The molecule has 0 amide bonds. The Balaban J connectivity index is 1.49. The molecule has 0 aliphatic heterocycles. The maximum absolute atomic E-state index is 5.20. The van der Waals surface area contributed by atoms with Crippen LogP contribution in [0.15, 0.2) is 12.5 Å². The molecule has 0 saturated heterocycles. The lowest BCUT2D eigenvalue weighted by Gasteiger charge is -2.14. The monoisotopic (exact) mass is 249 g/mol. The van der Waals surface area contributed by atoms with Gasteiger partial charge >= 0.3 is 0 Å². The Morgan fingerprint density at radius 1 is 1.50 bits per heavy atom. The van der Waals surface area contributed by atoms with E-state index in [1.807, 2.05) is 6.33 Å². The Morgan fingerprint density at radius 3 is 3.00 bits per heavy atom. The average Bonchev–Trinajstić information content (AvgIpc) is 3.28.